The highest BCUT2D eigenvalue weighted by Gasteiger charge is 2.22. The van der Waals surface area contributed by atoms with E-state index in [0.717, 1.165) is 12.7 Å². The van der Waals surface area contributed by atoms with E-state index in [4.69, 9.17) is 10.2 Å². The smallest absolute Gasteiger partial charge is 0.357 e. The Kier molecular flexibility index (Phi) is 4.62. The molecule has 0 atom stereocenters. The third kappa shape index (κ3) is 3.11. The SMILES string of the molecule is O=C(O)c1ncn(Cc2ccc(I)c(I)c2)c1C(=O)O. The van der Waals surface area contributed by atoms with Crippen LogP contribution in [0.25, 0.3) is 0 Å². The number of halogens is 2. The molecule has 0 fully saturated rings. The fraction of sp³-hybridized carbons (Fsp3) is 0.0833. The van der Waals surface area contributed by atoms with Crippen molar-refractivity contribution in [1.82, 2.24) is 9.55 Å². The van der Waals surface area contributed by atoms with E-state index in [1.807, 2.05) is 18.2 Å². The van der Waals surface area contributed by atoms with Gasteiger partial charge in [0.25, 0.3) is 0 Å². The highest BCUT2D eigenvalue weighted by atomic mass is 127. The van der Waals surface area contributed by atoms with Crippen molar-refractivity contribution in [1.29, 1.82) is 0 Å². The van der Waals surface area contributed by atoms with Crippen LogP contribution in [0.15, 0.2) is 24.5 Å². The zero-order valence-corrected chi connectivity index (χ0v) is 14.2. The number of hydrogen-bond donors (Lipinski definition) is 2. The second-order valence-corrected chi connectivity index (χ2v) is 6.25. The molecule has 0 aliphatic heterocycles. The van der Waals surface area contributed by atoms with Gasteiger partial charge in [0.1, 0.15) is 0 Å². The molecule has 6 nitrogen and oxygen atoms in total. The van der Waals surface area contributed by atoms with Crippen LogP contribution in [0.2, 0.25) is 0 Å². The summed E-state index contributed by atoms with van der Waals surface area (Å²) in [6.07, 6.45) is 1.23. The summed E-state index contributed by atoms with van der Waals surface area (Å²) in [5.74, 6) is -2.65. The standard InChI is InChI=1S/C12H8I2N2O4/c13-7-2-1-6(3-8(7)14)4-16-5-15-9(11(17)18)10(16)12(19)20/h1-3,5H,4H2,(H,17,18)(H,19,20). The number of benzene rings is 1. The molecule has 2 aromatic rings. The summed E-state index contributed by atoms with van der Waals surface area (Å²) in [5, 5.41) is 18.1. The Morgan fingerprint density at radius 3 is 2.40 bits per heavy atom. The Bertz CT molecular complexity index is 697. The minimum atomic E-state index is -1.35. The molecule has 0 saturated heterocycles. The first-order valence-corrected chi connectivity index (χ1v) is 7.51. The minimum absolute atomic E-state index is 0.259. The fourth-order valence-electron chi connectivity index (χ4n) is 1.72. The molecule has 2 N–H and O–H groups in total. The third-order valence-corrected chi connectivity index (χ3v) is 5.45. The van der Waals surface area contributed by atoms with Crippen LogP contribution in [0.3, 0.4) is 0 Å². The number of imidazole rings is 1. The maximum absolute atomic E-state index is 11.2. The molecular formula is C12H8I2N2O4. The first-order chi connectivity index (χ1) is 9.40. The zero-order chi connectivity index (χ0) is 14.9. The lowest BCUT2D eigenvalue weighted by molar-refractivity contribution is 0.0640. The van der Waals surface area contributed by atoms with Gasteiger partial charge < -0.3 is 14.8 Å². The van der Waals surface area contributed by atoms with Gasteiger partial charge in [-0.15, -0.1) is 0 Å². The lowest BCUT2D eigenvalue weighted by Gasteiger charge is -2.07. The van der Waals surface area contributed by atoms with E-state index < -0.39 is 17.6 Å². The van der Waals surface area contributed by atoms with Crippen molar-refractivity contribution >= 4 is 57.1 Å². The first kappa shape index (κ1) is 15.2. The van der Waals surface area contributed by atoms with Crippen LogP contribution in [0, 0.1) is 7.14 Å². The van der Waals surface area contributed by atoms with Gasteiger partial charge in [0.2, 0.25) is 0 Å². The first-order valence-electron chi connectivity index (χ1n) is 5.35. The Balaban J connectivity index is 2.41. The number of rotatable bonds is 4. The second-order valence-electron chi connectivity index (χ2n) is 3.93. The fourth-order valence-corrected chi connectivity index (χ4v) is 2.63. The molecule has 0 amide bonds. The molecule has 0 bridgehead atoms. The Morgan fingerprint density at radius 1 is 1.15 bits per heavy atom. The Hall–Kier alpha value is -1.17. The molecule has 0 aliphatic rings. The van der Waals surface area contributed by atoms with E-state index >= 15 is 0 Å². The molecule has 0 aliphatic carbocycles. The summed E-state index contributed by atoms with van der Waals surface area (Å²) in [6.45, 7) is 0.259. The van der Waals surface area contributed by atoms with Gasteiger partial charge in [-0.2, -0.15) is 0 Å². The van der Waals surface area contributed by atoms with E-state index in [1.165, 1.54) is 10.9 Å². The topological polar surface area (TPSA) is 92.4 Å². The van der Waals surface area contributed by atoms with Gasteiger partial charge in [-0.05, 0) is 62.9 Å². The average molecular weight is 498 g/mol. The predicted octanol–water partition coefficient (Wildman–Crippen LogP) is 2.54. The van der Waals surface area contributed by atoms with Crippen molar-refractivity contribution in [2.45, 2.75) is 6.54 Å². The number of nitrogens with zero attached hydrogens (tertiary/aromatic N) is 2. The number of carboxylic acid groups (broad SMARTS) is 2. The lowest BCUT2D eigenvalue weighted by Crippen LogP contribution is -2.13. The molecule has 104 valence electrons. The maximum atomic E-state index is 11.2. The summed E-state index contributed by atoms with van der Waals surface area (Å²) in [7, 11) is 0. The monoisotopic (exact) mass is 498 g/mol. The summed E-state index contributed by atoms with van der Waals surface area (Å²) >= 11 is 4.39. The Morgan fingerprint density at radius 2 is 1.85 bits per heavy atom. The van der Waals surface area contributed by atoms with Crippen molar-refractivity contribution in [3.8, 4) is 0 Å². The van der Waals surface area contributed by atoms with Crippen molar-refractivity contribution in [2.75, 3.05) is 0 Å². The largest absolute Gasteiger partial charge is 0.476 e. The van der Waals surface area contributed by atoms with E-state index in [2.05, 4.69) is 50.2 Å². The zero-order valence-electron chi connectivity index (χ0n) is 9.88. The number of aromatic carboxylic acids is 2. The van der Waals surface area contributed by atoms with Gasteiger partial charge in [0, 0.05) is 13.7 Å². The van der Waals surface area contributed by atoms with Gasteiger partial charge in [-0.25, -0.2) is 14.6 Å². The minimum Gasteiger partial charge on any atom is -0.476 e. The van der Waals surface area contributed by atoms with E-state index in [1.54, 1.807) is 0 Å². The molecule has 1 aromatic carbocycles. The molecule has 20 heavy (non-hydrogen) atoms. The third-order valence-electron chi connectivity index (χ3n) is 2.58. The highest BCUT2D eigenvalue weighted by molar-refractivity contribution is 14.1. The maximum Gasteiger partial charge on any atom is 0.357 e. The number of carbonyl (C=O) groups is 2. The molecule has 0 saturated carbocycles. The van der Waals surface area contributed by atoms with Crippen LogP contribution < -0.4 is 0 Å². The van der Waals surface area contributed by atoms with Gasteiger partial charge in [0.05, 0.1) is 6.33 Å². The molecule has 0 radical (unpaired) electrons. The van der Waals surface area contributed by atoms with E-state index in [9.17, 15) is 9.59 Å². The van der Waals surface area contributed by atoms with Crippen LogP contribution in [0.5, 0.6) is 0 Å². The van der Waals surface area contributed by atoms with Gasteiger partial charge in [-0.1, -0.05) is 6.07 Å². The van der Waals surface area contributed by atoms with Crippen molar-refractivity contribution < 1.29 is 19.8 Å². The molecule has 1 heterocycles. The van der Waals surface area contributed by atoms with Crippen molar-refractivity contribution in [3.63, 3.8) is 0 Å². The summed E-state index contributed by atoms with van der Waals surface area (Å²) in [4.78, 5) is 25.8. The van der Waals surface area contributed by atoms with Gasteiger partial charge in [0.15, 0.2) is 11.4 Å². The van der Waals surface area contributed by atoms with Crippen molar-refractivity contribution in [2.24, 2.45) is 0 Å². The summed E-state index contributed by atoms with van der Waals surface area (Å²) in [6, 6.07) is 5.72. The molecule has 1 aromatic heterocycles. The molecule has 8 heteroatoms. The molecule has 0 spiro atoms. The van der Waals surface area contributed by atoms with E-state index in [-0.39, 0.29) is 12.2 Å². The highest BCUT2D eigenvalue weighted by Crippen LogP contribution is 2.18. The van der Waals surface area contributed by atoms with Crippen LogP contribution in [-0.4, -0.2) is 31.7 Å². The predicted molar refractivity (Wildman–Crippen MR) is 87.1 cm³/mol. The Labute approximate surface area is 141 Å². The quantitative estimate of drug-likeness (QED) is 0.633. The lowest BCUT2D eigenvalue weighted by atomic mass is 10.2. The van der Waals surface area contributed by atoms with Gasteiger partial charge in [-0.3, -0.25) is 0 Å². The second kappa shape index (κ2) is 6.08. The normalized spacial score (nSPS) is 10.5. The molecule has 0 unspecified atom stereocenters. The van der Waals surface area contributed by atoms with Crippen LogP contribution in [-0.2, 0) is 6.54 Å². The van der Waals surface area contributed by atoms with Crippen LogP contribution in [0.1, 0.15) is 26.5 Å². The van der Waals surface area contributed by atoms with E-state index in [0.29, 0.717) is 0 Å². The number of hydrogen-bond acceptors (Lipinski definition) is 3. The van der Waals surface area contributed by atoms with Gasteiger partial charge >= 0.3 is 11.9 Å². The number of aromatic nitrogens is 2. The van der Waals surface area contributed by atoms with Crippen molar-refractivity contribution in [3.05, 3.63) is 48.6 Å². The summed E-state index contributed by atoms with van der Waals surface area (Å²) in [5.41, 5.74) is 0.121. The van der Waals surface area contributed by atoms with Crippen LogP contribution >= 0.6 is 45.2 Å². The molecule has 2 rings (SSSR count). The number of carboxylic acids is 2. The summed E-state index contributed by atoms with van der Waals surface area (Å²) < 4.78 is 3.47. The van der Waals surface area contributed by atoms with Crippen LogP contribution in [0.4, 0.5) is 0 Å². The molecular weight excluding hydrogens is 490 g/mol. The average Bonchev–Trinajstić information content (AvgIpc) is 2.78.